The van der Waals surface area contributed by atoms with Crippen LogP contribution in [-0.2, 0) is 4.74 Å². The minimum atomic E-state index is -0.889. The molecule has 3 aliphatic heterocycles. The molecule has 6 rings (SSSR count). The van der Waals surface area contributed by atoms with Crippen LogP contribution in [0.15, 0.2) is 6.20 Å². The highest BCUT2D eigenvalue weighted by Crippen LogP contribution is 2.68. The van der Waals surface area contributed by atoms with Gasteiger partial charge in [-0.3, -0.25) is 4.90 Å². The number of aromatic nitrogens is 3. The van der Waals surface area contributed by atoms with Crippen LogP contribution in [0.2, 0.25) is 5.15 Å². The fraction of sp³-hybridized carbons (Fsp3) is 0.680. The number of hydrogen-bond donors (Lipinski definition) is 1. The van der Waals surface area contributed by atoms with E-state index in [-0.39, 0.29) is 46.1 Å². The Morgan fingerprint density at radius 2 is 2.11 bits per heavy atom. The molecule has 2 aromatic heterocycles. The van der Waals surface area contributed by atoms with E-state index < -0.39 is 23.6 Å². The van der Waals surface area contributed by atoms with Gasteiger partial charge in [0.2, 0.25) is 0 Å². The number of halogens is 3. The second kappa shape index (κ2) is 8.23. The standard InChI is InChI=1S/C25H31ClF2N6O3/c1-23(2,3)25-11-33(10-15(25)18(25)37-21(29)35)20-14-8-30-19(26)16(28)17(14)31-22(32-20)36-12-24-5-4-6-34(24)9-13(27)7-24/h8,13,15,18H,4-7,9-12H2,1-3H3,(H2,29,35)/t13-,15+,18+,24+,25+/m1/s1. The predicted octanol–water partition coefficient (Wildman–Crippen LogP) is 3.72. The van der Waals surface area contributed by atoms with E-state index in [4.69, 9.17) is 31.8 Å². The predicted molar refractivity (Wildman–Crippen MR) is 133 cm³/mol. The highest BCUT2D eigenvalue weighted by Gasteiger charge is 2.76. The van der Waals surface area contributed by atoms with Crippen molar-refractivity contribution in [1.82, 2.24) is 19.9 Å². The minimum absolute atomic E-state index is 0.0162. The molecule has 4 aliphatic rings. The first-order valence-electron chi connectivity index (χ1n) is 12.7. The van der Waals surface area contributed by atoms with Crippen LogP contribution in [-0.4, -0.2) is 76.5 Å². The molecule has 5 atom stereocenters. The maximum Gasteiger partial charge on any atom is 0.404 e. The van der Waals surface area contributed by atoms with Gasteiger partial charge in [0.05, 0.1) is 10.9 Å². The van der Waals surface area contributed by atoms with E-state index in [0.717, 1.165) is 19.4 Å². The average molecular weight is 537 g/mol. The molecule has 12 heteroatoms. The van der Waals surface area contributed by atoms with Crippen molar-refractivity contribution in [2.24, 2.45) is 22.5 Å². The molecular formula is C25H31ClF2N6O3. The monoisotopic (exact) mass is 536 g/mol. The van der Waals surface area contributed by atoms with Crippen molar-refractivity contribution in [1.29, 1.82) is 0 Å². The van der Waals surface area contributed by atoms with E-state index in [9.17, 15) is 9.18 Å². The van der Waals surface area contributed by atoms with E-state index in [1.54, 1.807) is 0 Å². The summed E-state index contributed by atoms with van der Waals surface area (Å²) < 4.78 is 40.9. The van der Waals surface area contributed by atoms with Crippen molar-refractivity contribution in [2.75, 3.05) is 37.7 Å². The number of anilines is 1. The summed E-state index contributed by atoms with van der Waals surface area (Å²) in [4.78, 5) is 28.7. The molecule has 0 radical (unpaired) electrons. The zero-order valence-corrected chi connectivity index (χ0v) is 21.9. The number of fused-ring (bicyclic) bond motifs is 3. The normalized spacial score (nSPS) is 33.0. The first kappa shape index (κ1) is 24.8. The van der Waals surface area contributed by atoms with Gasteiger partial charge in [0.25, 0.3) is 0 Å². The molecule has 0 spiro atoms. The lowest BCUT2D eigenvalue weighted by Gasteiger charge is -2.33. The van der Waals surface area contributed by atoms with Crippen molar-refractivity contribution in [2.45, 2.75) is 57.8 Å². The lowest BCUT2D eigenvalue weighted by Crippen LogP contribution is -2.43. The van der Waals surface area contributed by atoms with Gasteiger partial charge in [-0.05, 0) is 24.8 Å². The number of amides is 1. The minimum Gasteiger partial charge on any atom is -0.461 e. The number of carbonyl (C=O) groups excluding carboxylic acids is 1. The van der Waals surface area contributed by atoms with Gasteiger partial charge in [0.1, 0.15) is 30.2 Å². The Hall–Kier alpha value is -2.53. The molecular weight excluding hydrogens is 506 g/mol. The van der Waals surface area contributed by atoms with Crippen LogP contribution in [0.4, 0.5) is 19.4 Å². The van der Waals surface area contributed by atoms with E-state index in [0.29, 0.717) is 37.3 Å². The number of ether oxygens (including phenoxy) is 2. The maximum absolute atomic E-state index is 15.1. The zero-order chi connectivity index (χ0) is 26.3. The third-order valence-electron chi connectivity index (χ3n) is 9.07. The topological polar surface area (TPSA) is 107 Å². The Morgan fingerprint density at radius 3 is 2.81 bits per heavy atom. The Morgan fingerprint density at radius 1 is 1.32 bits per heavy atom. The number of carbonyl (C=O) groups is 1. The lowest BCUT2D eigenvalue weighted by atomic mass is 9.76. The molecule has 4 fully saturated rings. The molecule has 1 saturated carbocycles. The number of hydrogen-bond acceptors (Lipinski definition) is 8. The summed E-state index contributed by atoms with van der Waals surface area (Å²) in [5, 5.41) is 0.127. The summed E-state index contributed by atoms with van der Waals surface area (Å²) in [7, 11) is 0. The number of alkyl halides is 1. The number of rotatable bonds is 5. The summed E-state index contributed by atoms with van der Waals surface area (Å²) in [6.45, 7) is 8.84. The molecule has 5 heterocycles. The van der Waals surface area contributed by atoms with E-state index >= 15 is 4.39 Å². The third-order valence-corrected chi connectivity index (χ3v) is 9.33. The Bertz CT molecular complexity index is 1280. The molecule has 9 nitrogen and oxygen atoms in total. The van der Waals surface area contributed by atoms with Gasteiger partial charge >= 0.3 is 12.1 Å². The van der Waals surface area contributed by atoms with Crippen LogP contribution < -0.4 is 15.4 Å². The van der Waals surface area contributed by atoms with Crippen molar-refractivity contribution in [3.63, 3.8) is 0 Å². The van der Waals surface area contributed by atoms with E-state index in [1.165, 1.54) is 6.20 Å². The molecule has 0 bridgehead atoms. The van der Waals surface area contributed by atoms with Gasteiger partial charge in [-0.1, -0.05) is 32.4 Å². The van der Waals surface area contributed by atoms with Gasteiger partial charge in [-0.15, -0.1) is 0 Å². The third kappa shape index (κ3) is 3.71. The first-order valence-corrected chi connectivity index (χ1v) is 13.1. The number of pyridine rings is 1. The van der Waals surface area contributed by atoms with Crippen LogP contribution in [0.5, 0.6) is 6.01 Å². The number of nitrogens with zero attached hydrogens (tertiary/aromatic N) is 5. The van der Waals surface area contributed by atoms with Gasteiger partial charge < -0.3 is 20.1 Å². The fourth-order valence-corrected chi connectivity index (χ4v) is 7.35. The maximum atomic E-state index is 15.1. The van der Waals surface area contributed by atoms with Gasteiger partial charge in [0.15, 0.2) is 11.0 Å². The second-order valence-corrected chi connectivity index (χ2v) is 12.3. The van der Waals surface area contributed by atoms with Crippen molar-refractivity contribution in [3.8, 4) is 6.01 Å². The van der Waals surface area contributed by atoms with Crippen LogP contribution in [0.25, 0.3) is 10.9 Å². The van der Waals surface area contributed by atoms with Crippen LogP contribution >= 0.6 is 11.6 Å². The van der Waals surface area contributed by atoms with Crippen LogP contribution in [0, 0.1) is 22.6 Å². The molecule has 2 aromatic rings. The Labute approximate surface area is 218 Å². The van der Waals surface area contributed by atoms with Gasteiger partial charge in [0, 0.05) is 43.6 Å². The summed E-state index contributed by atoms with van der Waals surface area (Å²) in [6.07, 6.45) is 1.71. The Kier molecular flexibility index (Phi) is 5.52. The summed E-state index contributed by atoms with van der Waals surface area (Å²) >= 11 is 5.99. The molecule has 37 heavy (non-hydrogen) atoms. The van der Waals surface area contributed by atoms with Crippen molar-refractivity contribution < 1.29 is 23.0 Å². The zero-order valence-electron chi connectivity index (χ0n) is 21.1. The molecule has 3 saturated heterocycles. The number of primary amides is 1. The first-order chi connectivity index (χ1) is 17.4. The molecule has 0 unspecified atom stereocenters. The number of piperidine rings is 1. The molecule has 1 amide bonds. The molecule has 200 valence electrons. The highest BCUT2D eigenvalue weighted by molar-refractivity contribution is 6.30. The van der Waals surface area contributed by atoms with Crippen molar-refractivity contribution >= 4 is 34.4 Å². The van der Waals surface area contributed by atoms with E-state index in [2.05, 4.69) is 35.6 Å². The van der Waals surface area contributed by atoms with E-state index in [1.807, 2.05) is 4.90 Å². The largest absolute Gasteiger partial charge is 0.461 e. The van der Waals surface area contributed by atoms with Gasteiger partial charge in [-0.2, -0.15) is 9.97 Å². The molecule has 0 aromatic carbocycles. The SMILES string of the molecule is CC(C)(C)[C@@]12CN(c3nc(OC[C@@]45CCCN4C[C@H](F)C5)nc4c(F)c(Cl)ncc34)C[C@H]1[C@@H]2OC(N)=O. The molecule has 1 aliphatic carbocycles. The van der Waals surface area contributed by atoms with Crippen molar-refractivity contribution in [3.05, 3.63) is 17.2 Å². The molecule has 2 N–H and O–H groups in total. The fourth-order valence-electron chi connectivity index (χ4n) is 7.21. The van der Waals surface area contributed by atoms with Gasteiger partial charge in [-0.25, -0.2) is 18.6 Å². The second-order valence-electron chi connectivity index (χ2n) is 12.0. The highest BCUT2D eigenvalue weighted by atomic mass is 35.5. The average Bonchev–Trinajstić information content (AvgIpc) is 3.17. The summed E-state index contributed by atoms with van der Waals surface area (Å²) in [5.74, 6) is -0.222. The number of nitrogens with two attached hydrogens (primary N) is 1. The smallest absolute Gasteiger partial charge is 0.404 e. The summed E-state index contributed by atoms with van der Waals surface area (Å²) in [6, 6.07) is 0.0162. The summed E-state index contributed by atoms with van der Waals surface area (Å²) in [5.41, 5.74) is 4.44. The quantitative estimate of drug-likeness (QED) is 0.576. The van der Waals surface area contributed by atoms with Crippen LogP contribution in [0.3, 0.4) is 0 Å². The van der Waals surface area contributed by atoms with Crippen LogP contribution in [0.1, 0.15) is 40.0 Å². The Balaban J connectivity index is 1.34. The lowest BCUT2D eigenvalue weighted by molar-refractivity contribution is 0.0960.